The molecule has 0 radical (unpaired) electrons. The normalized spacial score (nSPS) is 32.6. The number of amides is 1. The Bertz CT molecular complexity index is 995. The van der Waals surface area contributed by atoms with Gasteiger partial charge in [-0.1, -0.05) is 29.8 Å². The van der Waals surface area contributed by atoms with Crippen LogP contribution in [-0.2, 0) is 19.6 Å². The predicted octanol–water partition coefficient (Wildman–Crippen LogP) is 3.41. The number of nitro groups is 1. The standard InChI is InChI=1S/C20H25BrN2O6S/c1-19(2)13-8-9-20(19)11-30(27,28)22(15(20)10-13)18(24)16(21)17(29-3)12-4-6-14(7-5-12)23(25)26/h4-7,13,15-17H,8-11H2,1-3H3/t13-,15-,16+,17+,20-/m1/s1. The van der Waals surface area contributed by atoms with E-state index < -0.39 is 37.2 Å². The molecule has 1 aliphatic heterocycles. The molecule has 10 heteroatoms. The van der Waals surface area contributed by atoms with Crippen molar-refractivity contribution in [3.8, 4) is 0 Å². The number of benzene rings is 1. The highest BCUT2D eigenvalue weighted by molar-refractivity contribution is 9.10. The van der Waals surface area contributed by atoms with Gasteiger partial charge >= 0.3 is 0 Å². The molecule has 1 heterocycles. The lowest BCUT2D eigenvalue weighted by Gasteiger charge is -2.37. The number of ether oxygens (including phenoxy) is 1. The van der Waals surface area contributed by atoms with Gasteiger partial charge in [0.05, 0.1) is 16.7 Å². The van der Waals surface area contributed by atoms with Crippen molar-refractivity contribution >= 4 is 37.5 Å². The highest BCUT2D eigenvalue weighted by Gasteiger charge is 2.72. The average molecular weight is 501 g/mol. The summed E-state index contributed by atoms with van der Waals surface area (Å²) in [4.78, 5) is 22.9. The molecule has 1 aromatic rings. The van der Waals surface area contributed by atoms with Gasteiger partial charge < -0.3 is 4.74 Å². The summed E-state index contributed by atoms with van der Waals surface area (Å²) in [5, 5.41) is 10.9. The molecule has 2 aliphatic carbocycles. The number of nitro benzene ring substituents is 1. The first-order chi connectivity index (χ1) is 14.0. The van der Waals surface area contributed by atoms with Gasteiger partial charge in [0.1, 0.15) is 10.9 Å². The maximum Gasteiger partial charge on any atom is 0.269 e. The van der Waals surface area contributed by atoms with E-state index in [2.05, 4.69) is 29.8 Å². The van der Waals surface area contributed by atoms with Crippen molar-refractivity contribution in [1.29, 1.82) is 0 Å². The van der Waals surface area contributed by atoms with Gasteiger partial charge in [-0.05, 0) is 48.3 Å². The summed E-state index contributed by atoms with van der Waals surface area (Å²) in [6, 6.07) is 5.40. The topological polar surface area (TPSA) is 107 Å². The third-order valence-corrected chi connectivity index (χ3v) is 10.6. The van der Waals surface area contributed by atoms with Crippen LogP contribution < -0.4 is 0 Å². The number of rotatable bonds is 5. The van der Waals surface area contributed by atoms with E-state index in [-0.39, 0.29) is 22.9 Å². The van der Waals surface area contributed by atoms with E-state index in [1.54, 1.807) is 0 Å². The second kappa shape index (κ2) is 7.00. The molecule has 3 fully saturated rings. The van der Waals surface area contributed by atoms with Crippen LogP contribution in [0.25, 0.3) is 0 Å². The monoisotopic (exact) mass is 500 g/mol. The lowest BCUT2D eigenvalue weighted by molar-refractivity contribution is -0.384. The SMILES string of the molecule is CO[C@@H](c1ccc([N+](=O)[O-])cc1)[C@H](Br)C(=O)N1[C@@H]2C[C@H]3CC[C@]2(CS1(=O)=O)C3(C)C. The number of fused-ring (bicyclic) bond motifs is 1. The number of sulfonamides is 1. The third-order valence-electron chi connectivity index (χ3n) is 7.82. The van der Waals surface area contributed by atoms with Gasteiger partial charge in [0.2, 0.25) is 10.0 Å². The Morgan fingerprint density at radius 3 is 2.50 bits per heavy atom. The molecule has 4 rings (SSSR count). The Morgan fingerprint density at radius 1 is 1.33 bits per heavy atom. The molecule has 5 atom stereocenters. The first-order valence-electron chi connectivity index (χ1n) is 9.93. The summed E-state index contributed by atoms with van der Waals surface area (Å²) in [7, 11) is -2.31. The lowest BCUT2D eigenvalue weighted by Crippen LogP contribution is -2.47. The van der Waals surface area contributed by atoms with Crippen LogP contribution in [-0.4, -0.2) is 47.3 Å². The minimum absolute atomic E-state index is 0.00874. The second-order valence-electron chi connectivity index (χ2n) is 9.16. The van der Waals surface area contributed by atoms with Crippen molar-refractivity contribution in [2.75, 3.05) is 12.9 Å². The van der Waals surface area contributed by atoms with Crippen LogP contribution in [0, 0.1) is 26.9 Å². The Hall–Kier alpha value is -1.52. The molecule has 164 valence electrons. The number of non-ortho nitro benzene ring substituents is 1. The molecule has 1 aromatic carbocycles. The molecule has 2 bridgehead atoms. The number of hydrogen-bond donors (Lipinski definition) is 0. The zero-order valence-corrected chi connectivity index (χ0v) is 19.5. The van der Waals surface area contributed by atoms with Gasteiger partial charge in [0.15, 0.2) is 0 Å². The number of hydrogen-bond acceptors (Lipinski definition) is 6. The molecule has 0 N–H and O–H groups in total. The number of carbonyl (C=O) groups is 1. The van der Waals surface area contributed by atoms with Crippen molar-refractivity contribution in [2.45, 2.75) is 50.1 Å². The Morgan fingerprint density at radius 2 is 1.97 bits per heavy atom. The van der Waals surface area contributed by atoms with E-state index >= 15 is 0 Å². The summed E-state index contributed by atoms with van der Waals surface area (Å²) in [6.45, 7) is 4.27. The van der Waals surface area contributed by atoms with Crippen LogP contribution in [0.4, 0.5) is 5.69 Å². The Labute approximate surface area is 184 Å². The van der Waals surface area contributed by atoms with E-state index in [1.165, 1.54) is 31.4 Å². The second-order valence-corrected chi connectivity index (χ2v) is 12.0. The van der Waals surface area contributed by atoms with Crippen molar-refractivity contribution in [3.05, 3.63) is 39.9 Å². The van der Waals surface area contributed by atoms with Gasteiger partial charge in [-0.2, -0.15) is 0 Å². The molecule has 30 heavy (non-hydrogen) atoms. The Balaban J connectivity index is 1.64. The predicted molar refractivity (Wildman–Crippen MR) is 114 cm³/mol. The van der Waals surface area contributed by atoms with Gasteiger partial charge in [0, 0.05) is 24.7 Å². The van der Waals surface area contributed by atoms with Crippen LogP contribution in [0.2, 0.25) is 0 Å². The van der Waals surface area contributed by atoms with Crippen LogP contribution in [0.3, 0.4) is 0 Å². The van der Waals surface area contributed by atoms with Crippen molar-refractivity contribution in [1.82, 2.24) is 4.31 Å². The minimum Gasteiger partial charge on any atom is -0.375 e. The van der Waals surface area contributed by atoms with Crippen molar-refractivity contribution in [3.63, 3.8) is 0 Å². The molecule has 1 spiro atoms. The van der Waals surface area contributed by atoms with Crippen molar-refractivity contribution < 1.29 is 22.9 Å². The van der Waals surface area contributed by atoms with Crippen LogP contribution >= 0.6 is 15.9 Å². The van der Waals surface area contributed by atoms with Gasteiger partial charge in [-0.15, -0.1) is 0 Å². The molecule has 2 saturated carbocycles. The number of nitrogens with zero attached hydrogens (tertiary/aromatic N) is 2. The minimum atomic E-state index is -3.74. The van der Waals surface area contributed by atoms with Crippen LogP contribution in [0.15, 0.2) is 24.3 Å². The van der Waals surface area contributed by atoms with Crippen molar-refractivity contribution in [2.24, 2.45) is 16.7 Å². The molecule has 8 nitrogen and oxygen atoms in total. The summed E-state index contributed by atoms with van der Waals surface area (Å²) >= 11 is 3.38. The fourth-order valence-corrected chi connectivity index (χ4v) is 9.48. The first kappa shape index (κ1) is 21.7. The molecule has 0 unspecified atom stereocenters. The molecule has 0 aromatic heterocycles. The zero-order valence-electron chi connectivity index (χ0n) is 17.1. The van der Waals surface area contributed by atoms with E-state index in [9.17, 15) is 23.3 Å². The molecule has 1 saturated heterocycles. The summed E-state index contributed by atoms with van der Waals surface area (Å²) < 4.78 is 32.9. The van der Waals surface area contributed by atoms with E-state index in [0.717, 1.165) is 17.1 Å². The summed E-state index contributed by atoms with van der Waals surface area (Å²) in [5.41, 5.74) is -0.0349. The molecular weight excluding hydrogens is 476 g/mol. The highest BCUT2D eigenvalue weighted by atomic mass is 79.9. The van der Waals surface area contributed by atoms with E-state index in [1.807, 2.05) is 0 Å². The Kier molecular flexibility index (Phi) is 5.06. The van der Waals surface area contributed by atoms with Gasteiger partial charge in [-0.3, -0.25) is 14.9 Å². The maximum absolute atomic E-state index is 13.4. The fourth-order valence-electron chi connectivity index (χ4n) is 6.04. The van der Waals surface area contributed by atoms with Crippen LogP contribution in [0.1, 0.15) is 44.8 Å². The summed E-state index contributed by atoms with van der Waals surface area (Å²) in [5.74, 6) is -0.116. The third kappa shape index (κ3) is 2.86. The summed E-state index contributed by atoms with van der Waals surface area (Å²) in [6.07, 6.45) is 1.74. The quantitative estimate of drug-likeness (QED) is 0.348. The number of methoxy groups -OCH3 is 1. The molecule has 1 amide bonds. The number of halogens is 1. The molecular formula is C20H25BrN2O6S. The number of alkyl halides is 1. The largest absolute Gasteiger partial charge is 0.375 e. The smallest absolute Gasteiger partial charge is 0.269 e. The molecule has 3 aliphatic rings. The fraction of sp³-hybridized carbons (Fsp3) is 0.650. The first-order valence-corrected chi connectivity index (χ1v) is 12.5. The lowest BCUT2D eigenvalue weighted by atomic mass is 9.69. The van der Waals surface area contributed by atoms with Crippen LogP contribution in [0.5, 0.6) is 0 Å². The van der Waals surface area contributed by atoms with E-state index in [0.29, 0.717) is 17.9 Å². The van der Waals surface area contributed by atoms with E-state index in [4.69, 9.17) is 4.74 Å². The average Bonchev–Trinajstić information content (AvgIpc) is 3.16. The zero-order chi connectivity index (χ0) is 22.1. The van der Waals surface area contributed by atoms with Gasteiger partial charge in [-0.25, -0.2) is 12.7 Å². The number of carbonyl (C=O) groups excluding carboxylic acids is 1. The van der Waals surface area contributed by atoms with Gasteiger partial charge in [0.25, 0.3) is 11.6 Å². The highest BCUT2D eigenvalue weighted by Crippen LogP contribution is 2.70. The maximum atomic E-state index is 13.4.